The summed E-state index contributed by atoms with van der Waals surface area (Å²) in [5.74, 6) is -0.455. The average Bonchev–Trinajstić information content (AvgIpc) is 3.08. The smallest absolute Gasteiger partial charge is 0.338 e. The molecule has 4 rings (SSSR count). The largest absolute Gasteiger partial charge is 0.463 e. The van der Waals surface area contributed by atoms with Gasteiger partial charge >= 0.3 is 5.97 Å². The Labute approximate surface area is 202 Å². The van der Waals surface area contributed by atoms with E-state index in [2.05, 4.69) is 20.9 Å². The fourth-order valence-electron chi connectivity index (χ4n) is 3.60. The summed E-state index contributed by atoms with van der Waals surface area (Å²) in [6.07, 6.45) is 3.90. The lowest BCUT2D eigenvalue weighted by molar-refractivity contribution is -0.139. The Hall–Kier alpha value is -2.42. The van der Waals surface area contributed by atoms with Crippen molar-refractivity contribution in [3.63, 3.8) is 0 Å². The maximum absolute atomic E-state index is 13.5. The van der Waals surface area contributed by atoms with Crippen molar-refractivity contribution in [2.75, 3.05) is 12.9 Å². The van der Waals surface area contributed by atoms with E-state index in [4.69, 9.17) is 4.74 Å². The number of thiazole rings is 1. The van der Waals surface area contributed by atoms with Crippen molar-refractivity contribution in [1.82, 2.24) is 4.57 Å². The quantitative estimate of drug-likeness (QED) is 0.366. The number of nitrogens with zero attached hydrogens (tertiary/aromatic N) is 2. The van der Waals surface area contributed by atoms with Gasteiger partial charge in [-0.15, -0.1) is 11.8 Å². The molecule has 0 amide bonds. The summed E-state index contributed by atoms with van der Waals surface area (Å²) in [6.45, 7) is 3.80. The Bertz CT molecular complexity index is 1370. The first kappa shape index (κ1) is 22.8. The van der Waals surface area contributed by atoms with Gasteiger partial charge in [0.25, 0.3) is 5.56 Å². The van der Waals surface area contributed by atoms with Crippen LogP contribution in [0.3, 0.4) is 0 Å². The summed E-state index contributed by atoms with van der Waals surface area (Å²) in [7, 11) is 0. The van der Waals surface area contributed by atoms with Crippen molar-refractivity contribution >= 4 is 51.1 Å². The lowest BCUT2D eigenvalue weighted by Crippen LogP contribution is -2.39. The van der Waals surface area contributed by atoms with Crippen LogP contribution in [0.4, 0.5) is 0 Å². The molecule has 2 heterocycles. The van der Waals surface area contributed by atoms with Crippen LogP contribution in [0.1, 0.15) is 31.0 Å². The number of rotatable bonds is 5. The first-order valence-electron chi connectivity index (χ1n) is 10.0. The number of hydrogen-bond donors (Lipinski definition) is 0. The molecule has 0 unspecified atom stereocenters. The van der Waals surface area contributed by atoms with Gasteiger partial charge in [-0.1, -0.05) is 51.5 Å². The lowest BCUT2D eigenvalue weighted by atomic mass is 9.96. The van der Waals surface area contributed by atoms with Gasteiger partial charge in [-0.2, -0.15) is 0 Å². The molecule has 0 radical (unpaired) electrons. The molecule has 0 N–H and O–H groups in total. The number of allylic oxidation sites excluding steroid dienone is 1. The van der Waals surface area contributed by atoms with Gasteiger partial charge in [0.05, 0.1) is 28.5 Å². The molecule has 0 saturated heterocycles. The van der Waals surface area contributed by atoms with E-state index in [9.17, 15) is 9.59 Å². The van der Waals surface area contributed by atoms with Crippen LogP contribution in [0.15, 0.2) is 79.0 Å². The van der Waals surface area contributed by atoms with Crippen LogP contribution in [-0.2, 0) is 9.53 Å². The van der Waals surface area contributed by atoms with E-state index >= 15 is 0 Å². The Kier molecular flexibility index (Phi) is 6.83. The van der Waals surface area contributed by atoms with Crippen LogP contribution < -0.4 is 14.9 Å². The van der Waals surface area contributed by atoms with Crippen LogP contribution in [0.5, 0.6) is 0 Å². The van der Waals surface area contributed by atoms with E-state index in [1.807, 2.05) is 60.9 Å². The lowest BCUT2D eigenvalue weighted by Gasteiger charge is -2.24. The van der Waals surface area contributed by atoms with Gasteiger partial charge in [-0.05, 0) is 61.6 Å². The number of ether oxygens (including phenoxy) is 1. The summed E-state index contributed by atoms with van der Waals surface area (Å²) < 4.78 is 8.41. The van der Waals surface area contributed by atoms with Crippen LogP contribution in [-0.4, -0.2) is 23.4 Å². The number of fused-ring (bicyclic) bond motifs is 1. The molecular weight excluding hydrogens is 508 g/mol. The molecule has 32 heavy (non-hydrogen) atoms. The zero-order valence-electron chi connectivity index (χ0n) is 17.8. The fourth-order valence-corrected chi connectivity index (χ4v) is 5.32. The van der Waals surface area contributed by atoms with Crippen molar-refractivity contribution in [3.05, 3.63) is 95.1 Å². The Morgan fingerprint density at radius 1 is 1.22 bits per heavy atom. The third-order valence-corrected chi connectivity index (χ3v) is 7.37. The number of esters is 1. The number of thioether (sulfide) groups is 1. The van der Waals surface area contributed by atoms with Gasteiger partial charge in [0.1, 0.15) is 0 Å². The van der Waals surface area contributed by atoms with Gasteiger partial charge in [0, 0.05) is 9.37 Å². The highest BCUT2D eigenvalue weighted by atomic mass is 79.9. The Morgan fingerprint density at radius 3 is 2.53 bits per heavy atom. The maximum Gasteiger partial charge on any atom is 0.338 e. The molecule has 0 spiro atoms. The average molecular weight is 529 g/mol. The molecule has 0 aliphatic carbocycles. The van der Waals surface area contributed by atoms with Crippen molar-refractivity contribution in [2.45, 2.75) is 24.8 Å². The van der Waals surface area contributed by atoms with Crippen molar-refractivity contribution < 1.29 is 9.53 Å². The molecule has 1 atom stereocenters. The van der Waals surface area contributed by atoms with Gasteiger partial charge < -0.3 is 4.74 Å². The Balaban J connectivity index is 1.92. The number of halogens is 1. The third-order valence-electron chi connectivity index (χ3n) is 5.12. The number of carbonyl (C=O) groups is 1. The van der Waals surface area contributed by atoms with Gasteiger partial charge in [-0.3, -0.25) is 9.36 Å². The second-order valence-electron chi connectivity index (χ2n) is 7.13. The fraction of sp³-hybridized carbons (Fsp3) is 0.208. The number of benzene rings is 2. The molecule has 0 bridgehead atoms. The van der Waals surface area contributed by atoms with Crippen molar-refractivity contribution in [2.24, 2.45) is 4.99 Å². The highest BCUT2D eigenvalue weighted by Crippen LogP contribution is 2.31. The number of aromatic nitrogens is 1. The molecule has 1 aliphatic heterocycles. The highest BCUT2D eigenvalue weighted by molar-refractivity contribution is 9.10. The standard InChI is InChI=1S/C24H21BrN2O3S2/c1-4-30-23(29)20-14(2)26-24-27(21(20)16-7-9-17(25)10-8-16)22(28)19(32-24)13-15-5-11-18(31-3)12-6-15/h5-13,21H,4H2,1-3H3/b19-13-/t21-/m0/s1. The van der Waals surface area contributed by atoms with Crippen LogP contribution in [0, 0.1) is 0 Å². The Morgan fingerprint density at radius 2 is 1.91 bits per heavy atom. The molecule has 2 aromatic carbocycles. The molecule has 1 aromatic heterocycles. The van der Waals surface area contributed by atoms with Crippen LogP contribution in [0.2, 0.25) is 0 Å². The SMILES string of the molecule is CCOC(=O)C1=C(C)N=c2s/c(=C\c3ccc(SC)cc3)c(=O)n2[C@H]1c1ccc(Br)cc1. The molecule has 5 nitrogen and oxygen atoms in total. The van der Waals surface area contributed by atoms with E-state index in [1.54, 1.807) is 30.2 Å². The predicted octanol–water partition coefficient (Wildman–Crippen LogP) is 4.28. The third kappa shape index (κ3) is 4.40. The number of hydrogen-bond acceptors (Lipinski definition) is 6. The second kappa shape index (κ2) is 9.60. The molecule has 1 aliphatic rings. The summed E-state index contributed by atoms with van der Waals surface area (Å²) in [5.41, 5.74) is 2.54. The highest BCUT2D eigenvalue weighted by Gasteiger charge is 2.33. The molecule has 164 valence electrons. The van der Waals surface area contributed by atoms with Crippen LogP contribution in [0.25, 0.3) is 6.08 Å². The van der Waals surface area contributed by atoms with Crippen molar-refractivity contribution in [3.8, 4) is 0 Å². The van der Waals surface area contributed by atoms with E-state index in [-0.39, 0.29) is 12.2 Å². The zero-order valence-corrected chi connectivity index (χ0v) is 21.0. The first-order chi connectivity index (χ1) is 15.4. The van der Waals surface area contributed by atoms with E-state index in [0.29, 0.717) is 20.6 Å². The summed E-state index contributed by atoms with van der Waals surface area (Å²) in [5, 5.41) is 0. The van der Waals surface area contributed by atoms with Crippen molar-refractivity contribution in [1.29, 1.82) is 0 Å². The summed E-state index contributed by atoms with van der Waals surface area (Å²) in [4.78, 5) is 32.7. The van der Waals surface area contributed by atoms with Gasteiger partial charge in [-0.25, -0.2) is 9.79 Å². The minimum Gasteiger partial charge on any atom is -0.463 e. The van der Waals surface area contributed by atoms with E-state index in [0.717, 1.165) is 20.5 Å². The number of carbonyl (C=O) groups excluding carboxylic acids is 1. The monoisotopic (exact) mass is 528 g/mol. The summed E-state index contributed by atoms with van der Waals surface area (Å²) in [6, 6.07) is 15.1. The normalized spacial score (nSPS) is 16.0. The topological polar surface area (TPSA) is 60.7 Å². The molecule has 0 saturated carbocycles. The minimum atomic E-state index is -0.598. The first-order valence-corrected chi connectivity index (χ1v) is 12.9. The molecule has 0 fully saturated rings. The van der Waals surface area contributed by atoms with Crippen LogP contribution >= 0.6 is 39.0 Å². The molecule has 8 heteroatoms. The van der Waals surface area contributed by atoms with Gasteiger partial charge in [0.15, 0.2) is 4.80 Å². The molecular formula is C24H21BrN2O3S2. The van der Waals surface area contributed by atoms with Gasteiger partial charge in [0.2, 0.25) is 0 Å². The maximum atomic E-state index is 13.5. The van der Waals surface area contributed by atoms with E-state index in [1.165, 1.54) is 11.3 Å². The second-order valence-corrected chi connectivity index (χ2v) is 9.93. The summed E-state index contributed by atoms with van der Waals surface area (Å²) >= 11 is 6.45. The predicted molar refractivity (Wildman–Crippen MR) is 133 cm³/mol. The minimum absolute atomic E-state index is 0.176. The zero-order chi connectivity index (χ0) is 22.8. The molecule has 3 aromatic rings. The van der Waals surface area contributed by atoms with E-state index < -0.39 is 12.0 Å².